The maximum absolute atomic E-state index is 9.81. The molecule has 2 heterocycles. The highest BCUT2D eigenvalue weighted by Gasteiger charge is 2.15. The third-order valence-electron chi connectivity index (χ3n) is 3.06. The SMILES string of the molecule is CC(C)(O)CNc1ncnc2c1cnn2-c1ccccc1. The van der Waals surface area contributed by atoms with E-state index < -0.39 is 5.60 Å². The molecule has 0 bridgehead atoms. The number of aliphatic hydroxyl groups is 1. The van der Waals surface area contributed by atoms with Crippen molar-refractivity contribution in [3.05, 3.63) is 42.9 Å². The number of hydrogen-bond donors (Lipinski definition) is 2. The van der Waals surface area contributed by atoms with Crippen molar-refractivity contribution in [3.63, 3.8) is 0 Å². The molecule has 2 aromatic heterocycles. The number of hydrogen-bond acceptors (Lipinski definition) is 5. The van der Waals surface area contributed by atoms with Gasteiger partial charge in [-0.25, -0.2) is 14.6 Å². The van der Waals surface area contributed by atoms with Crippen molar-refractivity contribution in [2.24, 2.45) is 0 Å². The van der Waals surface area contributed by atoms with Crippen molar-refractivity contribution in [2.75, 3.05) is 11.9 Å². The van der Waals surface area contributed by atoms with Crippen LogP contribution in [0.1, 0.15) is 13.8 Å². The van der Waals surface area contributed by atoms with Crippen LogP contribution in [0.4, 0.5) is 5.82 Å². The Hall–Kier alpha value is -2.47. The Morgan fingerprint density at radius 3 is 2.67 bits per heavy atom. The van der Waals surface area contributed by atoms with Gasteiger partial charge >= 0.3 is 0 Å². The summed E-state index contributed by atoms with van der Waals surface area (Å²) in [7, 11) is 0. The number of anilines is 1. The lowest BCUT2D eigenvalue weighted by atomic mass is 10.1. The van der Waals surface area contributed by atoms with Crippen LogP contribution in [-0.2, 0) is 0 Å². The molecule has 3 aromatic rings. The van der Waals surface area contributed by atoms with Crippen LogP contribution in [0, 0.1) is 0 Å². The lowest BCUT2D eigenvalue weighted by Gasteiger charge is -2.18. The van der Waals surface area contributed by atoms with Crippen LogP contribution in [0.2, 0.25) is 0 Å². The summed E-state index contributed by atoms with van der Waals surface area (Å²) < 4.78 is 1.77. The molecule has 0 aliphatic carbocycles. The highest BCUT2D eigenvalue weighted by Crippen LogP contribution is 2.21. The Labute approximate surface area is 122 Å². The zero-order chi connectivity index (χ0) is 14.9. The van der Waals surface area contributed by atoms with Crippen molar-refractivity contribution < 1.29 is 5.11 Å². The minimum absolute atomic E-state index is 0.398. The van der Waals surface area contributed by atoms with E-state index in [2.05, 4.69) is 20.4 Å². The Morgan fingerprint density at radius 1 is 1.19 bits per heavy atom. The molecule has 0 amide bonds. The molecule has 3 rings (SSSR count). The molecule has 1 aromatic carbocycles. The molecule has 0 aliphatic heterocycles. The topological polar surface area (TPSA) is 75.9 Å². The highest BCUT2D eigenvalue weighted by atomic mass is 16.3. The number of nitrogens with zero attached hydrogens (tertiary/aromatic N) is 4. The van der Waals surface area contributed by atoms with E-state index in [0.29, 0.717) is 12.4 Å². The minimum atomic E-state index is -0.813. The predicted molar refractivity (Wildman–Crippen MR) is 81.4 cm³/mol. The summed E-state index contributed by atoms with van der Waals surface area (Å²) in [5, 5.41) is 18.2. The van der Waals surface area contributed by atoms with Gasteiger partial charge in [-0.3, -0.25) is 0 Å². The zero-order valence-corrected chi connectivity index (χ0v) is 12.0. The average Bonchev–Trinajstić information content (AvgIpc) is 2.89. The molecule has 0 atom stereocenters. The van der Waals surface area contributed by atoms with Crippen LogP contribution < -0.4 is 5.32 Å². The van der Waals surface area contributed by atoms with Gasteiger partial charge in [0.25, 0.3) is 0 Å². The number of nitrogens with one attached hydrogen (secondary N) is 1. The van der Waals surface area contributed by atoms with Crippen LogP contribution in [0.5, 0.6) is 0 Å². The number of fused-ring (bicyclic) bond motifs is 1. The predicted octanol–water partition coefficient (Wildman–Crippen LogP) is 2.00. The van der Waals surface area contributed by atoms with Gasteiger partial charge in [0.2, 0.25) is 0 Å². The summed E-state index contributed by atoms with van der Waals surface area (Å²) in [4.78, 5) is 8.54. The van der Waals surface area contributed by atoms with Crippen molar-refractivity contribution in [1.29, 1.82) is 0 Å². The summed E-state index contributed by atoms with van der Waals surface area (Å²) in [6, 6.07) is 9.81. The molecule has 2 N–H and O–H groups in total. The van der Waals surface area contributed by atoms with E-state index >= 15 is 0 Å². The van der Waals surface area contributed by atoms with Crippen molar-refractivity contribution in [1.82, 2.24) is 19.7 Å². The fraction of sp³-hybridized carbons (Fsp3) is 0.267. The van der Waals surface area contributed by atoms with Crippen LogP contribution >= 0.6 is 0 Å². The summed E-state index contributed by atoms with van der Waals surface area (Å²) >= 11 is 0. The second-order valence-electron chi connectivity index (χ2n) is 5.52. The molecule has 108 valence electrons. The first-order valence-electron chi connectivity index (χ1n) is 6.75. The Morgan fingerprint density at radius 2 is 1.95 bits per heavy atom. The van der Waals surface area contributed by atoms with Gasteiger partial charge < -0.3 is 10.4 Å². The van der Waals surface area contributed by atoms with Gasteiger partial charge in [0.15, 0.2) is 5.65 Å². The fourth-order valence-electron chi connectivity index (χ4n) is 2.04. The van der Waals surface area contributed by atoms with Crippen molar-refractivity contribution >= 4 is 16.9 Å². The second kappa shape index (κ2) is 5.14. The first kappa shape index (κ1) is 13.5. The third kappa shape index (κ3) is 2.85. The van der Waals surface area contributed by atoms with Gasteiger partial charge in [0, 0.05) is 6.54 Å². The number of benzene rings is 1. The maximum Gasteiger partial charge on any atom is 0.168 e. The summed E-state index contributed by atoms with van der Waals surface area (Å²) in [6.45, 7) is 3.88. The lowest BCUT2D eigenvalue weighted by molar-refractivity contribution is 0.0944. The molecule has 0 aliphatic rings. The maximum atomic E-state index is 9.81. The smallest absolute Gasteiger partial charge is 0.168 e. The number of rotatable bonds is 4. The molecule has 6 heteroatoms. The standard InChI is InChI=1S/C15H17N5O/c1-15(2,21)9-16-13-12-8-19-20(14(12)18-10-17-13)11-6-4-3-5-7-11/h3-8,10,21H,9H2,1-2H3,(H,16,17,18). The molecule has 0 spiro atoms. The molecular formula is C15H17N5O. The van der Waals surface area contributed by atoms with E-state index in [1.807, 2.05) is 30.3 Å². The highest BCUT2D eigenvalue weighted by molar-refractivity contribution is 5.87. The normalized spacial score (nSPS) is 11.8. The van der Waals surface area contributed by atoms with E-state index in [1.165, 1.54) is 6.33 Å². The van der Waals surface area contributed by atoms with Gasteiger partial charge in [-0.05, 0) is 26.0 Å². The number of aromatic nitrogens is 4. The van der Waals surface area contributed by atoms with Crippen LogP contribution in [0.15, 0.2) is 42.9 Å². The summed E-state index contributed by atoms with van der Waals surface area (Å²) in [5.41, 5.74) is 0.862. The second-order valence-corrected chi connectivity index (χ2v) is 5.52. The van der Waals surface area contributed by atoms with Gasteiger partial charge in [0.1, 0.15) is 12.1 Å². The van der Waals surface area contributed by atoms with Gasteiger partial charge in [-0.2, -0.15) is 5.10 Å². The lowest BCUT2D eigenvalue weighted by Crippen LogP contribution is -2.29. The summed E-state index contributed by atoms with van der Waals surface area (Å²) in [6.07, 6.45) is 3.23. The van der Waals surface area contributed by atoms with Crippen LogP contribution in [0.3, 0.4) is 0 Å². The first-order valence-corrected chi connectivity index (χ1v) is 6.75. The minimum Gasteiger partial charge on any atom is -0.389 e. The fourth-order valence-corrected chi connectivity index (χ4v) is 2.04. The monoisotopic (exact) mass is 283 g/mol. The molecular weight excluding hydrogens is 266 g/mol. The Balaban J connectivity index is 2.01. The quantitative estimate of drug-likeness (QED) is 0.766. The first-order chi connectivity index (χ1) is 10.0. The van der Waals surface area contributed by atoms with E-state index in [9.17, 15) is 5.11 Å². The Bertz CT molecular complexity index is 746. The zero-order valence-electron chi connectivity index (χ0n) is 12.0. The molecule has 6 nitrogen and oxygen atoms in total. The molecule has 0 saturated carbocycles. The summed E-state index contributed by atoms with van der Waals surface area (Å²) in [5.74, 6) is 0.671. The van der Waals surface area contributed by atoms with E-state index in [1.54, 1.807) is 24.7 Å². The van der Waals surface area contributed by atoms with E-state index in [-0.39, 0.29) is 0 Å². The molecule has 0 radical (unpaired) electrons. The van der Waals surface area contributed by atoms with Gasteiger partial charge in [-0.15, -0.1) is 0 Å². The third-order valence-corrected chi connectivity index (χ3v) is 3.06. The molecule has 0 saturated heterocycles. The van der Waals surface area contributed by atoms with E-state index in [4.69, 9.17) is 0 Å². The van der Waals surface area contributed by atoms with Crippen molar-refractivity contribution in [3.8, 4) is 5.69 Å². The van der Waals surface area contributed by atoms with Gasteiger partial charge in [-0.1, -0.05) is 18.2 Å². The van der Waals surface area contributed by atoms with Crippen molar-refractivity contribution in [2.45, 2.75) is 19.4 Å². The molecule has 21 heavy (non-hydrogen) atoms. The van der Waals surface area contributed by atoms with Crippen LogP contribution in [0.25, 0.3) is 16.7 Å². The van der Waals surface area contributed by atoms with Gasteiger partial charge in [0.05, 0.1) is 22.9 Å². The molecule has 0 unspecified atom stereocenters. The van der Waals surface area contributed by atoms with Crippen LogP contribution in [-0.4, -0.2) is 37.0 Å². The largest absolute Gasteiger partial charge is 0.389 e. The Kier molecular flexibility index (Phi) is 3.31. The average molecular weight is 283 g/mol. The molecule has 0 fully saturated rings. The van der Waals surface area contributed by atoms with E-state index in [0.717, 1.165) is 16.7 Å². The number of para-hydroxylation sites is 1.